The van der Waals surface area contributed by atoms with E-state index in [1.54, 1.807) is 0 Å². The average Bonchev–Trinajstić information content (AvgIpc) is 2.97. The normalized spacial score (nSPS) is 18.0. The Morgan fingerprint density at radius 3 is 1.10 bits per heavy atom. The molecule has 0 unspecified atom stereocenters. The molecule has 1 heterocycles. The van der Waals surface area contributed by atoms with E-state index in [2.05, 4.69) is 163 Å². The van der Waals surface area contributed by atoms with E-state index in [4.69, 9.17) is 8.85 Å². The van der Waals surface area contributed by atoms with E-state index < -0.39 is 16.6 Å². The van der Waals surface area contributed by atoms with Crippen LogP contribution in [0.4, 0.5) is 0 Å². The van der Waals surface area contributed by atoms with Gasteiger partial charge in [0.15, 0.2) is 0 Å². The molecule has 1 aliphatic rings. The molecule has 1 fully saturated rings. The van der Waals surface area contributed by atoms with E-state index in [9.17, 15) is 0 Å². The third kappa shape index (κ3) is 5.87. The molecule has 42 heavy (non-hydrogen) atoms. The van der Waals surface area contributed by atoms with Crippen molar-refractivity contribution < 1.29 is 8.85 Å². The molecule has 0 amide bonds. The van der Waals surface area contributed by atoms with Crippen molar-refractivity contribution in [2.45, 2.75) is 56.9 Å². The van der Waals surface area contributed by atoms with Crippen LogP contribution in [0.25, 0.3) is 0 Å². The van der Waals surface area contributed by atoms with Gasteiger partial charge in [-0.25, -0.2) is 0 Å². The lowest BCUT2D eigenvalue weighted by Gasteiger charge is -2.47. The molecule has 5 heteroatoms. The van der Waals surface area contributed by atoms with Crippen LogP contribution < -0.4 is 20.7 Å². The lowest BCUT2D eigenvalue weighted by molar-refractivity contribution is 0.202. The summed E-state index contributed by atoms with van der Waals surface area (Å²) in [5.41, 5.74) is 0. The van der Waals surface area contributed by atoms with Crippen LogP contribution in [0.15, 0.2) is 121 Å². The molecular weight excluding hydrogens is 565 g/mol. The van der Waals surface area contributed by atoms with Gasteiger partial charge in [-0.2, -0.15) is 11.8 Å². The molecule has 1 aliphatic heterocycles. The van der Waals surface area contributed by atoms with Crippen LogP contribution in [0.5, 0.6) is 0 Å². The minimum Gasteiger partial charge on any atom is -0.407 e. The summed E-state index contributed by atoms with van der Waals surface area (Å²) in [5, 5.41) is 5.75. The Balaban J connectivity index is 1.42. The second kappa shape index (κ2) is 12.7. The Kier molecular flexibility index (Phi) is 9.36. The summed E-state index contributed by atoms with van der Waals surface area (Å²) in [4.78, 5) is 0. The van der Waals surface area contributed by atoms with Gasteiger partial charge < -0.3 is 8.85 Å². The molecule has 0 N–H and O–H groups in total. The maximum atomic E-state index is 7.35. The number of hydrogen-bond donors (Lipinski definition) is 0. The Morgan fingerprint density at radius 2 is 0.833 bits per heavy atom. The van der Waals surface area contributed by atoms with E-state index in [1.807, 2.05) is 11.8 Å². The molecule has 2 atom stereocenters. The molecule has 0 radical (unpaired) electrons. The summed E-state index contributed by atoms with van der Waals surface area (Å²) in [6.45, 7) is 15.7. The summed E-state index contributed by atoms with van der Waals surface area (Å²) in [6.07, 6.45) is 0. The molecule has 2 nitrogen and oxygen atoms in total. The van der Waals surface area contributed by atoms with Crippen LogP contribution in [0, 0.1) is 5.92 Å². The molecule has 0 saturated carbocycles. The Labute approximate surface area is 260 Å². The van der Waals surface area contributed by atoms with Gasteiger partial charge in [0, 0.05) is 24.4 Å². The highest BCUT2D eigenvalue weighted by atomic mass is 32.2. The quantitative estimate of drug-likeness (QED) is 0.183. The van der Waals surface area contributed by atoms with Crippen molar-refractivity contribution in [2.75, 3.05) is 19.0 Å². The fourth-order valence-corrected chi connectivity index (χ4v) is 17.1. The zero-order chi connectivity index (χ0) is 29.8. The topological polar surface area (TPSA) is 18.5 Å². The number of hydrogen-bond acceptors (Lipinski definition) is 3. The molecule has 0 aliphatic carbocycles. The Bertz CT molecular complexity index is 1210. The van der Waals surface area contributed by atoms with Crippen LogP contribution in [-0.4, -0.2) is 40.9 Å². The standard InChI is InChI=1S/C37H46O2SSi2/c1-36(2,3)41(31-19-11-7-12-20-31,32-21-13-8-14-22-32)38-27-30-29-40-35(30)28-39-42(37(4,5)6,33-23-15-9-16-24-33)34-25-17-10-18-26-34/h7-26,30,35H,27-29H2,1-6H3/t30-,35+/m1/s1. The largest absolute Gasteiger partial charge is 0.407 e. The van der Waals surface area contributed by atoms with E-state index >= 15 is 0 Å². The summed E-state index contributed by atoms with van der Waals surface area (Å²) < 4.78 is 14.7. The first-order chi connectivity index (χ1) is 20.1. The first-order valence-electron chi connectivity index (χ1n) is 15.2. The van der Waals surface area contributed by atoms with Gasteiger partial charge in [-0.15, -0.1) is 0 Å². The van der Waals surface area contributed by atoms with Gasteiger partial charge in [0.2, 0.25) is 0 Å². The smallest absolute Gasteiger partial charge is 0.261 e. The van der Waals surface area contributed by atoms with Crippen molar-refractivity contribution in [3.8, 4) is 0 Å². The average molecular weight is 611 g/mol. The van der Waals surface area contributed by atoms with E-state index in [0.29, 0.717) is 11.2 Å². The monoisotopic (exact) mass is 610 g/mol. The Hall–Kier alpha value is -2.42. The van der Waals surface area contributed by atoms with Crippen LogP contribution in [0.3, 0.4) is 0 Å². The third-order valence-corrected chi connectivity index (χ3v) is 20.4. The molecule has 0 spiro atoms. The summed E-state index contributed by atoms with van der Waals surface area (Å²) in [6, 6.07) is 44.0. The zero-order valence-corrected chi connectivity index (χ0v) is 28.9. The Morgan fingerprint density at radius 1 is 0.524 bits per heavy atom. The molecule has 5 rings (SSSR count). The second-order valence-electron chi connectivity index (χ2n) is 13.6. The van der Waals surface area contributed by atoms with Crippen LogP contribution >= 0.6 is 11.8 Å². The summed E-state index contributed by atoms with van der Waals surface area (Å²) >= 11 is 2.04. The van der Waals surface area contributed by atoms with E-state index in [-0.39, 0.29) is 10.1 Å². The first-order valence-corrected chi connectivity index (χ1v) is 20.1. The van der Waals surface area contributed by atoms with Crippen molar-refractivity contribution in [3.05, 3.63) is 121 Å². The number of benzene rings is 4. The molecule has 220 valence electrons. The predicted octanol–water partition coefficient (Wildman–Crippen LogP) is 6.87. The SMILES string of the molecule is CC(C)(C)[Si](OC[C@@H]1CS[C@H]1CO[Si](c1ccccc1)(c1ccccc1)C(C)(C)C)(c1ccccc1)c1ccccc1. The van der Waals surface area contributed by atoms with Crippen molar-refractivity contribution in [3.63, 3.8) is 0 Å². The molecule has 0 aromatic heterocycles. The lowest BCUT2D eigenvalue weighted by atomic mass is 10.1. The fourth-order valence-electron chi connectivity index (χ4n) is 6.67. The summed E-state index contributed by atoms with van der Waals surface area (Å²) in [5.74, 6) is 1.59. The van der Waals surface area contributed by atoms with Crippen molar-refractivity contribution in [1.29, 1.82) is 0 Å². The van der Waals surface area contributed by atoms with Crippen molar-refractivity contribution >= 4 is 49.1 Å². The minimum absolute atomic E-state index is 0.0203. The molecule has 0 bridgehead atoms. The highest BCUT2D eigenvalue weighted by molar-refractivity contribution is 8.01. The van der Waals surface area contributed by atoms with Gasteiger partial charge >= 0.3 is 0 Å². The maximum absolute atomic E-state index is 7.35. The van der Waals surface area contributed by atoms with Gasteiger partial charge in [0.05, 0.1) is 0 Å². The molecule has 1 saturated heterocycles. The molecular formula is C37H46O2SSi2. The van der Waals surface area contributed by atoms with Crippen molar-refractivity contribution in [2.24, 2.45) is 5.92 Å². The number of thioether (sulfide) groups is 1. The zero-order valence-electron chi connectivity index (χ0n) is 26.0. The minimum atomic E-state index is -2.56. The van der Waals surface area contributed by atoms with E-state index in [1.165, 1.54) is 20.7 Å². The maximum Gasteiger partial charge on any atom is 0.261 e. The van der Waals surface area contributed by atoms with E-state index in [0.717, 1.165) is 19.0 Å². The van der Waals surface area contributed by atoms with Crippen LogP contribution in [0.2, 0.25) is 10.1 Å². The van der Waals surface area contributed by atoms with Crippen molar-refractivity contribution in [1.82, 2.24) is 0 Å². The summed E-state index contributed by atoms with van der Waals surface area (Å²) in [7, 11) is -5.12. The van der Waals surface area contributed by atoms with Crippen LogP contribution in [0.1, 0.15) is 41.5 Å². The second-order valence-corrected chi connectivity index (χ2v) is 23.5. The molecule has 4 aromatic carbocycles. The number of rotatable bonds is 10. The van der Waals surface area contributed by atoms with Gasteiger partial charge in [0.1, 0.15) is 0 Å². The third-order valence-electron chi connectivity index (χ3n) is 8.86. The lowest BCUT2D eigenvalue weighted by Crippen LogP contribution is -2.68. The first kappa shape index (κ1) is 31.0. The predicted molar refractivity (Wildman–Crippen MR) is 187 cm³/mol. The van der Waals surface area contributed by atoms with Gasteiger partial charge in [-0.1, -0.05) is 163 Å². The van der Waals surface area contributed by atoms with Gasteiger partial charge in [-0.05, 0) is 36.6 Å². The van der Waals surface area contributed by atoms with Gasteiger partial charge in [-0.3, -0.25) is 0 Å². The highest BCUT2D eigenvalue weighted by Crippen LogP contribution is 2.42. The highest BCUT2D eigenvalue weighted by Gasteiger charge is 2.53. The fraction of sp³-hybridized carbons (Fsp3) is 0.351. The molecule has 4 aromatic rings. The van der Waals surface area contributed by atoms with Crippen LogP contribution in [-0.2, 0) is 8.85 Å². The van der Waals surface area contributed by atoms with Gasteiger partial charge in [0.25, 0.3) is 16.6 Å².